The lowest BCUT2D eigenvalue weighted by atomic mass is 9.87. The van der Waals surface area contributed by atoms with Crippen LogP contribution in [0.4, 0.5) is 0 Å². The fourth-order valence-corrected chi connectivity index (χ4v) is 1.93. The molecule has 2 heteroatoms. The molecule has 2 nitrogen and oxygen atoms in total. The minimum atomic E-state index is 0.212. The van der Waals surface area contributed by atoms with Crippen LogP contribution in [0.5, 0.6) is 0 Å². The second-order valence-corrected chi connectivity index (χ2v) is 7.97. The van der Waals surface area contributed by atoms with E-state index in [4.69, 9.17) is 9.47 Å². The summed E-state index contributed by atoms with van der Waals surface area (Å²) in [5.74, 6) is 0. The monoisotopic (exact) mass is 292 g/mol. The molecule has 0 radical (unpaired) electrons. The van der Waals surface area contributed by atoms with Gasteiger partial charge in [-0.2, -0.15) is 0 Å². The Morgan fingerprint density at radius 2 is 1.38 bits per heavy atom. The number of hydrogen-bond donors (Lipinski definition) is 0. The van der Waals surface area contributed by atoms with Crippen LogP contribution in [0.15, 0.2) is 24.3 Å². The number of rotatable bonds is 7. The fraction of sp³-hybridized carbons (Fsp3) is 0.684. The first-order valence-electron chi connectivity index (χ1n) is 7.93. The molecule has 0 fully saturated rings. The molecule has 0 aliphatic rings. The van der Waals surface area contributed by atoms with Gasteiger partial charge < -0.3 is 9.47 Å². The smallest absolute Gasteiger partial charge is 0.0716 e. The Balaban J connectivity index is 2.16. The maximum absolute atomic E-state index is 5.70. The summed E-state index contributed by atoms with van der Waals surface area (Å²) in [7, 11) is 0. The van der Waals surface area contributed by atoms with Crippen LogP contribution in [0.2, 0.25) is 0 Å². The highest BCUT2D eigenvalue weighted by atomic mass is 16.5. The second-order valence-electron chi connectivity index (χ2n) is 7.97. The Bertz CT molecular complexity index is 393. The summed E-state index contributed by atoms with van der Waals surface area (Å²) in [6, 6.07) is 8.73. The third-order valence-electron chi connectivity index (χ3n) is 3.20. The highest BCUT2D eigenvalue weighted by Crippen LogP contribution is 2.22. The molecule has 0 bridgehead atoms. The quantitative estimate of drug-likeness (QED) is 0.662. The Hall–Kier alpha value is -0.860. The van der Waals surface area contributed by atoms with E-state index in [0.717, 1.165) is 26.2 Å². The van der Waals surface area contributed by atoms with Crippen LogP contribution in [0.3, 0.4) is 0 Å². The van der Waals surface area contributed by atoms with Crippen molar-refractivity contribution < 1.29 is 9.47 Å². The van der Waals surface area contributed by atoms with Gasteiger partial charge in [0.25, 0.3) is 0 Å². The van der Waals surface area contributed by atoms with Crippen molar-refractivity contribution in [3.8, 4) is 0 Å². The summed E-state index contributed by atoms with van der Waals surface area (Å²) in [6.07, 6.45) is 0.955. The highest BCUT2D eigenvalue weighted by molar-refractivity contribution is 5.27. The maximum atomic E-state index is 5.70. The Morgan fingerprint density at radius 3 is 1.90 bits per heavy atom. The molecule has 0 atom stereocenters. The summed E-state index contributed by atoms with van der Waals surface area (Å²) in [6.45, 7) is 16.3. The maximum Gasteiger partial charge on any atom is 0.0716 e. The summed E-state index contributed by atoms with van der Waals surface area (Å²) in [5, 5.41) is 0. The minimum absolute atomic E-state index is 0.212. The number of ether oxygens (including phenoxy) is 2. The van der Waals surface area contributed by atoms with Crippen LogP contribution in [-0.4, -0.2) is 19.8 Å². The Kier molecular flexibility index (Phi) is 6.89. The topological polar surface area (TPSA) is 18.5 Å². The van der Waals surface area contributed by atoms with Crippen LogP contribution in [-0.2, 0) is 21.5 Å². The average molecular weight is 292 g/mol. The van der Waals surface area contributed by atoms with E-state index in [-0.39, 0.29) is 10.8 Å². The van der Waals surface area contributed by atoms with Gasteiger partial charge in [0.1, 0.15) is 0 Å². The van der Waals surface area contributed by atoms with Crippen molar-refractivity contribution in [1.29, 1.82) is 0 Å². The Labute approximate surface area is 130 Å². The standard InChI is InChI=1S/C19H32O2/c1-18(2,3)15-21-13-7-12-20-14-16-8-10-17(11-9-16)19(4,5)6/h8-11H,7,12-15H2,1-6H3. The summed E-state index contributed by atoms with van der Waals surface area (Å²) in [4.78, 5) is 0. The highest BCUT2D eigenvalue weighted by Gasteiger charge is 2.12. The van der Waals surface area contributed by atoms with Crippen LogP contribution < -0.4 is 0 Å². The van der Waals surface area contributed by atoms with E-state index >= 15 is 0 Å². The van der Waals surface area contributed by atoms with Crippen molar-refractivity contribution >= 4 is 0 Å². The zero-order valence-electron chi connectivity index (χ0n) is 14.7. The van der Waals surface area contributed by atoms with Crippen molar-refractivity contribution in [2.75, 3.05) is 19.8 Å². The molecule has 120 valence electrons. The van der Waals surface area contributed by atoms with Crippen molar-refractivity contribution in [2.24, 2.45) is 5.41 Å². The molecule has 0 spiro atoms. The summed E-state index contributed by atoms with van der Waals surface area (Å²) < 4.78 is 11.3. The molecule has 0 aromatic heterocycles. The zero-order valence-corrected chi connectivity index (χ0v) is 14.7. The molecule has 21 heavy (non-hydrogen) atoms. The van der Waals surface area contributed by atoms with Gasteiger partial charge in [0, 0.05) is 13.2 Å². The van der Waals surface area contributed by atoms with Gasteiger partial charge >= 0.3 is 0 Å². The van der Waals surface area contributed by atoms with Gasteiger partial charge in [0.15, 0.2) is 0 Å². The van der Waals surface area contributed by atoms with Gasteiger partial charge in [0.05, 0.1) is 13.2 Å². The molecule has 0 saturated heterocycles. The largest absolute Gasteiger partial charge is 0.381 e. The average Bonchev–Trinajstić information content (AvgIpc) is 2.36. The second kappa shape index (κ2) is 7.95. The molecule has 0 unspecified atom stereocenters. The molecule has 1 aromatic carbocycles. The first-order valence-corrected chi connectivity index (χ1v) is 7.93. The first-order chi connectivity index (χ1) is 9.68. The van der Waals surface area contributed by atoms with Gasteiger partial charge in [-0.3, -0.25) is 0 Å². The summed E-state index contributed by atoms with van der Waals surface area (Å²) in [5.41, 5.74) is 3.06. The van der Waals surface area contributed by atoms with Gasteiger partial charge in [-0.25, -0.2) is 0 Å². The first kappa shape index (κ1) is 18.2. The molecule has 0 aliphatic carbocycles. The predicted molar refractivity (Wildman–Crippen MR) is 89.7 cm³/mol. The van der Waals surface area contributed by atoms with Crippen molar-refractivity contribution in [1.82, 2.24) is 0 Å². The van der Waals surface area contributed by atoms with Crippen molar-refractivity contribution in [2.45, 2.75) is 60.0 Å². The van der Waals surface area contributed by atoms with Gasteiger partial charge in [-0.1, -0.05) is 65.8 Å². The van der Waals surface area contributed by atoms with Crippen LogP contribution in [0.1, 0.15) is 59.1 Å². The SMILES string of the molecule is CC(C)(C)COCCCOCc1ccc(C(C)(C)C)cc1. The van der Waals surface area contributed by atoms with E-state index in [0.29, 0.717) is 6.61 Å². The van der Waals surface area contributed by atoms with E-state index in [1.165, 1.54) is 11.1 Å². The lowest BCUT2D eigenvalue weighted by Gasteiger charge is -2.19. The molecule has 0 saturated carbocycles. The third-order valence-corrected chi connectivity index (χ3v) is 3.20. The van der Waals surface area contributed by atoms with Crippen molar-refractivity contribution in [3.05, 3.63) is 35.4 Å². The zero-order chi connectivity index (χ0) is 15.9. The lowest BCUT2D eigenvalue weighted by molar-refractivity contribution is 0.0451. The third kappa shape index (κ3) is 8.23. The molecular formula is C19H32O2. The predicted octanol–water partition coefficient (Wildman–Crippen LogP) is 4.95. The van der Waals surface area contributed by atoms with Crippen LogP contribution in [0.25, 0.3) is 0 Å². The summed E-state index contributed by atoms with van der Waals surface area (Å²) >= 11 is 0. The molecule has 0 heterocycles. The van der Waals surface area contributed by atoms with Crippen LogP contribution in [0, 0.1) is 5.41 Å². The van der Waals surface area contributed by atoms with E-state index in [1.54, 1.807) is 0 Å². The molecule has 0 aliphatic heterocycles. The lowest BCUT2D eigenvalue weighted by Crippen LogP contribution is -2.15. The van der Waals surface area contributed by atoms with Gasteiger partial charge in [-0.15, -0.1) is 0 Å². The van der Waals surface area contributed by atoms with E-state index in [1.807, 2.05) is 0 Å². The van der Waals surface area contributed by atoms with E-state index in [9.17, 15) is 0 Å². The minimum Gasteiger partial charge on any atom is -0.381 e. The molecular weight excluding hydrogens is 260 g/mol. The molecule has 0 N–H and O–H groups in total. The molecule has 1 rings (SSSR count). The Morgan fingerprint density at radius 1 is 0.810 bits per heavy atom. The van der Waals surface area contributed by atoms with Crippen LogP contribution >= 0.6 is 0 Å². The van der Waals surface area contributed by atoms with E-state index in [2.05, 4.69) is 65.8 Å². The molecule has 1 aromatic rings. The van der Waals surface area contributed by atoms with E-state index < -0.39 is 0 Å². The number of benzene rings is 1. The molecule has 0 amide bonds. The van der Waals surface area contributed by atoms with Gasteiger partial charge in [-0.05, 0) is 28.4 Å². The normalized spacial score (nSPS) is 12.7. The van der Waals surface area contributed by atoms with Gasteiger partial charge in [0.2, 0.25) is 0 Å². The van der Waals surface area contributed by atoms with Crippen molar-refractivity contribution in [3.63, 3.8) is 0 Å². The number of hydrogen-bond acceptors (Lipinski definition) is 2. The fourth-order valence-electron chi connectivity index (χ4n) is 1.93.